The molecule has 0 aromatic heterocycles. The highest BCUT2D eigenvalue weighted by Gasteiger charge is 2.33. The lowest BCUT2D eigenvalue weighted by atomic mass is 10.00. The highest BCUT2D eigenvalue weighted by Crippen LogP contribution is 2.33. The molecule has 1 aliphatic heterocycles. The van der Waals surface area contributed by atoms with Crippen LogP contribution >= 0.6 is 0 Å². The van der Waals surface area contributed by atoms with Gasteiger partial charge in [0.25, 0.3) is 5.92 Å². The summed E-state index contributed by atoms with van der Waals surface area (Å²) in [4.78, 5) is 16.6. The normalized spacial score (nSPS) is 17.2. The van der Waals surface area contributed by atoms with E-state index >= 15 is 0 Å². The minimum atomic E-state index is -4.62. The average molecular weight is 431 g/mol. The number of amides is 1. The smallest absolute Gasteiger partial charge is 0.369 e. The molecular weight excluding hydrogens is 412 g/mol. The summed E-state index contributed by atoms with van der Waals surface area (Å²) in [5.41, 5.74) is 4.39. The number of hydrogen-bond acceptors (Lipinski definition) is 3. The maximum absolute atomic E-state index is 13.8. The first-order chi connectivity index (χ1) is 13.8. The van der Waals surface area contributed by atoms with Crippen molar-refractivity contribution in [3.8, 4) is 0 Å². The number of guanidine groups is 1. The fraction of sp³-hybridized carbons (Fsp3) is 0.300. The van der Waals surface area contributed by atoms with Crippen molar-refractivity contribution in [1.82, 2.24) is 4.90 Å². The molecule has 4 nitrogen and oxygen atoms in total. The molecule has 1 heterocycles. The van der Waals surface area contributed by atoms with Crippen LogP contribution in [0.4, 0.5) is 26.3 Å². The van der Waals surface area contributed by atoms with Crippen LogP contribution in [0, 0.1) is 5.82 Å². The summed E-state index contributed by atoms with van der Waals surface area (Å²) < 4.78 is 76.0. The van der Waals surface area contributed by atoms with Crippen molar-refractivity contribution in [2.75, 3.05) is 7.05 Å². The van der Waals surface area contributed by atoms with E-state index in [1.165, 1.54) is 19.2 Å². The Morgan fingerprint density at radius 3 is 2.07 bits per heavy atom. The van der Waals surface area contributed by atoms with Gasteiger partial charge in [-0.05, 0) is 12.1 Å². The van der Waals surface area contributed by atoms with Gasteiger partial charge in [-0.3, -0.25) is 9.69 Å². The van der Waals surface area contributed by atoms with Gasteiger partial charge in [0.05, 0.1) is 18.0 Å². The summed E-state index contributed by atoms with van der Waals surface area (Å²) in [7, 11) is 1.42. The van der Waals surface area contributed by atoms with E-state index in [4.69, 9.17) is 5.73 Å². The maximum Gasteiger partial charge on any atom is 0.416 e. The van der Waals surface area contributed by atoms with Gasteiger partial charge in [0.15, 0.2) is 5.96 Å². The predicted octanol–water partition coefficient (Wildman–Crippen LogP) is 4.86. The van der Waals surface area contributed by atoms with Crippen molar-refractivity contribution in [1.29, 1.82) is 0 Å². The van der Waals surface area contributed by atoms with E-state index in [1.807, 2.05) is 0 Å². The summed E-state index contributed by atoms with van der Waals surface area (Å²) in [6.45, 7) is 0.891. The molecular formula is C20H19F6N3O. The quantitative estimate of drug-likeness (QED) is 0.691. The molecule has 2 N–H and O–H groups in total. The van der Waals surface area contributed by atoms with Crippen LogP contribution < -0.4 is 5.73 Å². The van der Waals surface area contributed by atoms with Crippen LogP contribution in [-0.2, 0) is 16.9 Å². The lowest BCUT2D eigenvalue weighted by Crippen LogP contribution is -2.42. The lowest BCUT2D eigenvalue weighted by Gasteiger charge is -2.26. The minimum absolute atomic E-state index is 0.0648. The zero-order chi connectivity index (χ0) is 22.7. The number of nitrogens with zero attached hydrogens (tertiary/aromatic N) is 2. The second-order valence-electron chi connectivity index (χ2n) is 6.65. The SMILES string of the molecule is CC(F)(F)c1ccccc1.CN1C(=O)CC(c2ccc(C(F)(F)F)cc2F)N=C1N. The van der Waals surface area contributed by atoms with E-state index in [-0.39, 0.29) is 29.4 Å². The number of alkyl halides is 5. The van der Waals surface area contributed by atoms with Crippen LogP contribution in [0.2, 0.25) is 0 Å². The first kappa shape index (κ1) is 23.2. The number of benzene rings is 2. The second-order valence-corrected chi connectivity index (χ2v) is 6.65. The van der Waals surface area contributed by atoms with E-state index in [1.54, 1.807) is 18.2 Å². The highest BCUT2D eigenvalue weighted by molar-refractivity contribution is 5.98. The molecule has 1 amide bonds. The van der Waals surface area contributed by atoms with Gasteiger partial charge in [-0.2, -0.15) is 13.2 Å². The van der Waals surface area contributed by atoms with Gasteiger partial charge in [0.1, 0.15) is 5.82 Å². The Hall–Kier alpha value is -3.04. The topological polar surface area (TPSA) is 58.7 Å². The number of halogens is 6. The van der Waals surface area contributed by atoms with Crippen LogP contribution in [0.25, 0.3) is 0 Å². The molecule has 30 heavy (non-hydrogen) atoms. The van der Waals surface area contributed by atoms with E-state index in [0.29, 0.717) is 6.07 Å². The first-order valence-electron chi connectivity index (χ1n) is 8.70. The molecule has 0 spiro atoms. The molecule has 2 aromatic rings. The van der Waals surface area contributed by atoms with E-state index in [0.717, 1.165) is 24.0 Å². The highest BCUT2D eigenvalue weighted by atomic mass is 19.4. The summed E-state index contributed by atoms with van der Waals surface area (Å²) in [5.74, 6) is -4.23. The van der Waals surface area contributed by atoms with Crippen molar-refractivity contribution < 1.29 is 31.1 Å². The molecule has 162 valence electrons. The molecule has 10 heteroatoms. The lowest BCUT2D eigenvalue weighted by molar-refractivity contribution is -0.137. The summed E-state index contributed by atoms with van der Waals surface area (Å²) in [6.07, 6.45) is -4.76. The third kappa shape index (κ3) is 5.74. The molecule has 0 saturated heterocycles. The Kier molecular flexibility index (Phi) is 6.79. The fourth-order valence-corrected chi connectivity index (χ4v) is 2.61. The van der Waals surface area contributed by atoms with Crippen LogP contribution in [0.5, 0.6) is 0 Å². The number of aliphatic imine (C=N–C) groups is 1. The van der Waals surface area contributed by atoms with Crippen molar-refractivity contribution in [2.45, 2.75) is 31.5 Å². The third-order valence-electron chi connectivity index (χ3n) is 4.34. The zero-order valence-electron chi connectivity index (χ0n) is 16.1. The van der Waals surface area contributed by atoms with Crippen molar-refractivity contribution in [3.05, 3.63) is 71.0 Å². The van der Waals surface area contributed by atoms with Crippen molar-refractivity contribution >= 4 is 11.9 Å². The van der Waals surface area contributed by atoms with E-state index in [2.05, 4.69) is 4.99 Å². The number of nitrogens with two attached hydrogens (primary N) is 1. The Labute approximate surface area is 169 Å². The second kappa shape index (κ2) is 8.76. The molecule has 0 bridgehead atoms. The fourth-order valence-electron chi connectivity index (χ4n) is 2.61. The van der Waals surface area contributed by atoms with Gasteiger partial charge in [-0.1, -0.05) is 36.4 Å². The Morgan fingerprint density at radius 2 is 1.63 bits per heavy atom. The van der Waals surface area contributed by atoms with Gasteiger partial charge in [0.2, 0.25) is 5.91 Å². The van der Waals surface area contributed by atoms with Gasteiger partial charge in [-0.25, -0.2) is 18.2 Å². The van der Waals surface area contributed by atoms with Crippen molar-refractivity contribution in [2.24, 2.45) is 10.7 Å². The zero-order valence-corrected chi connectivity index (χ0v) is 16.1. The Balaban J connectivity index is 0.000000269. The first-order valence-corrected chi connectivity index (χ1v) is 8.70. The van der Waals surface area contributed by atoms with Crippen molar-refractivity contribution in [3.63, 3.8) is 0 Å². The molecule has 0 fully saturated rings. The third-order valence-corrected chi connectivity index (χ3v) is 4.34. The maximum atomic E-state index is 13.8. The van der Waals surface area contributed by atoms with Gasteiger partial charge in [0, 0.05) is 25.1 Å². The molecule has 0 radical (unpaired) electrons. The van der Waals surface area contributed by atoms with Crippen LogP contribution in [-0.4, -0.2) is 23.8 Å². The van der Waals surface area contributed by atoms with E-state index < -0.39 is 29.5 Å². The van der Waals surface area contributed by atoms with Gasteiger partial charge >= 0.3 is 6.18 Å². The molecule has 0 saturated carbocycles. The van der Waals surface area contributed by atoms with Crippen LogP contribution in [0.1, 0.15) is 36.1 Å². The standard InChI is InChI=1S/C12H11F4N3O.C8H8F2/c1-19-10(20)5-9(18-11(19)17)7-3-2-6(4-8(7)13)12(14,15)16;1-8(9,10)7-5-3-2-4-6-7/h2-4,9H,5H2,1H3,(H2,17,18);2-6H,1H3. The van der Waals surface area contributed by atoms with Gasteiger partial charge < -0.3 is 5.73 Å². The molecule has 1 aliphatic rings. The van der Waals surface area contributed by atoms with Crippen LogP contribution in [0.3, 0.4) is 0 Å². The molecule has 2 aromatic carbocycles. The number of carbonyl (C=O) groups excluding carboxylic acids is 1. The van der Waals surface area contributed by atoms with E-state index in [9.17, 15) is 31.1 Å². The van der Waals surface area contributed by atoms with Crippen LogP contribution in [0.15, 0.2) is 53.5 Å². The summed E-state index contributed by atoms with van der Waals surface area (Å²) in [5, 5.41) is 0. The minimum Gasteiger partial charge on any atom is -0.369 e. The number of carbonyl (C=O) groups is 1. The predicted molar refractivity (Wildman–Crippen MR) is 99.2 cm³/mol. The summed E-state index contributed by atoms with van der Waals surface area (Å²) >= 11 is 0. The largest absolute Gasteiger partial charge is 0.416 e. The molecule has 1 atom stereocenters. The summed E-state index contributed by atoms with van der Waals surface area (Å²) in [6, 6.07) is 8.99. The van der Waals surface area contributed by atoms with Gasteiger partial charge in [-0.15, -0.1) is 0 Å². The molecule has 3 rings (SSSR count). The Morgan fingerprint density at radius 1 is 1.03 bits per heavy atom. The average Bonchev–Trinajstić information content (AvgIpc) is 2.65. The molecule has 0 aliphatic carbocycles. The molecule has 1 unspecified atom stereocenters. The number of rotatable bonds is 2. The monoisotopic (exact) mass is 431 g/mol. The number of hydrogen-bond donors (Lipinski definition) is 1. The Bertz CT molecular complexity index is 922.